The molecular formula is C22H22ClNO3. The van der Waals surface area contributed by atoms with Gasteiger partial charge >= 0.3 is 0 Å². The van der Waals surface area contributed by atoms with Gasteiger partial charge in [0, 0.05) is 28.4 Å². The second-order valence-corrected chi connectivity index (χ2v) is 6.37. The Morgan fingerprint density at radius 3 is 2.37 bits per heavy atom. The first-order valence-corrected chi connectivity index (χ1v) is 9.19. The van der Waals surface area contributed by atoms with Gasteiger partial charge < -0.3 is 19.9 Å². The fourth-order valence-corrected chi connectivity index (χ4v) is 2.87. The highest BCUT2D eigenvalue weighted by Gasteiger charge is 2.12. The van der Waals surface area contributed by atoms with Crippen molar-refractivity contribution < 1.29 is 14.6 Å². The summed E-state index contributed by atoms with van der Waals surface area (Å²) in [4.78, 5) is 0. The van der Waals surface area contributed by atoms with E-state index in [-0.39, 0.29) is 5.75 Å². The Morgan fingerprint density at radius 1 is 0.889 bits per heavy atom. The molecule has 0 aliphatic rings. The summed E-state index contributed by atoms with van der Waals surface area (Å²) in [6.45, 7) is 3.41. The molecule has 3 aromatic rings. The van der Waals surface area contributed by atoms with E-state index in [4.69, 9.17) is 21.1 Å². The van der Waals surface area contributed by atoms with Crippen LogP contribution in [0.5, 0.6) is 17.2 Å². The van der Waals surface area contributed by atoms with Crippen molar-refractivity contribution in [3.63, 3.8) is 0 Å². The summed E-state index contributed by atoms with van der Waals surface area (Å²) in [5, 5.41) is 13.4. The van der Waals surface area contributed by atoms with Gasteiger partial charge in [-0.25, -0.2) is 0 Å². The summed E-state index contributed by atoms with van der Waals surface area (Å²) in [7, 11) is 0. The van der Waals surface area contributed by atoms with Gasteiger partial charge in [-0.2, -0.15) is 0 Å². The van der Waals surface area contributed by atoms with Crippen LogP contribution in [0.1, 0.15) is 18.1 Å². The largest absolute Gasteiger partial charge is 0.508 e. The summed E-state index contributed by atoms with van der Waals surface area (Å²) in [5.74, 6) is 1.64. The molecule has 140 valence electrons. The minimum absolute atomic E-state index is 0.239. The number of aromatic hydroxyl groups is 1. The standard InChI is InChI=1S/C22H22ClNO3/c1-2-26-21-9-5-7-16(14-24-18-10-12-19(25)13-11-18)22(21)27-15-17-6-3-4-8-20(17)23/h3-13,24-25H,2,14-15H2,1H3. The second-order valence-electron chi connectivity index (χ2n) is 5.96. The highest BCUT2D eigenvalue weighted by atomic mass is 35.5. The molecule has 0 unspecified atom stereocenters. The second kappa shape index (κ2) is 9.19. The molecular weight excluding hydrogens is 362 g/mol. The van der Waals surface area contributed by atoms with Gasteiger partial charge in [0.15, 0.2) is 11.5 Å². The lowest BCUT2D eigenvalue weighted by Gasteiger charge is -2.17. The number of ether oxygens (including phenoxy) is 2. The van der Waals surface area contributed by atoms with Gasteiger partial charge in [-0.1, -0.05) is 41.9 Å². The zero-order chi connectivity index (χ0) is 19.1. The number of phenols is 1. The maximum Gasteiger partial charge on any atom is 0.166 e. The third-order valence-corrected chi connectivity index (χ3v) is 4.41. The smallest absolute Gasteiger partial charge is 0.166 e. The minimum atomic E-state index is 0.239. The van der Waals surface area contributed by atoms with Crippen molar-refractivity contribution in [3.8, 4) is 17.2 Å². The van der Waals surface area contributed by atoms with Crippen LogP contribution in [0.4, 0.5) is 5.69 Å². The molecule has 0 heterocycles. The Kier molecular flexibility index (Phi) is 6.44. The highest BCUT2D eigenvalue weighted by molar-refractivity contribution is 6.31. The van der Waals surface area contributed by atoms with Crippen LogP contribution in [-0.4, -0.2) is 11.7 Å². The Morgan fingerprint density at radius 2 is 1.63 bits per heavy atom. The van der Waals surface area contributed by atoms with E-state index in [1.807, 2.05) is 61.5 Å². The van der Waals surface area contributed by atoms with Gasteiger partial charge in [0.2, 0.25) is 0 Å². The number of phenolic OH excluding ortho intramolecular Hbond substituents is 1. The van der Waals surface area contributed by atoms with Crippen LogP contribution in [0.2, 0.25) is 5.02 Å². The first-order valence-electron chi connectivity index (χ1n) is 8.81. The van der Waals surface area contributed by atoms with E-state index in [0.717, 1.165) is 16.8 Å². The molecule has 0 saturated heterocycles. The molecule has 0 saturated carbocycles. The van der Waals surface area contributed by atoms with Crippen molar-refractivity contribution in [2.75, 3.05) is 11.9 Å². The van der Waals surface area contributed by atoms with Crippen LogP contribution in [0, 0.1) is 0 Å². The molecule has 2 N–H and O–H groups in total. The minimum Gasteiger partial charge on any atom is -0.508 e. The lowest BCUT2D eigenvalue weighted by atomic mass is 10.1. The SMILES string of the molecule is CCOc1cccc(CNc2ccc(O)cc2)c1OCc1ccccc1Cl. The Hall–Kier alpha value is -2.85. The first-order chi connectivity index (χ1) is 13.2. The topological polar surface area (TPSA) is 50.7 Å². The number of hydrogen-bond acceptors (Lipinski definition) is 4. The van der Waals surface area contributed by atoms with Gasteiger partial charge in [0.1, 0.15) is 12.4 Å². The molecule has 4 nitrogen and oxygen atoms in total. The number of benzene rings is 3. The van der Waals surface area contributed by atoms with E-state index >= 15 is 0 Å². The number of halogens is 1. The fraction of sp³-hybridized carbons (Fsp3) is 0.182. The zero-order valence-corrected chi connectivity index (χ0v) is 15.9. The van der Waals surface area contributed by atoms with Gasteiger partial charge in [-0.15, -0.1) is 0 Å². The predicted molar refractivity (Wildman–Crippen MR) is 109 cm³/mol. The van der Waals surface area contributed by atoms with E-state index < -0.39 is 0 Å². The molecule has 0 amide bonds. The van der Waals surface area contributed by atoms with Crippen molar-refractivity contribution in [1.29, 1.82) is 0 Å². The monoisotopic (exact) mass is 383 g/mol. The molecule has 0 aliphatic heterocycles. The van der Waals surface area contributed by atoms with E-state index in [0.29, 0.717) is 36.3 Å². The molecule has 3 rings (SSSR count). The van der Waals surface area contributed by atoms with Crippen molar-refractivity contribution in [2.24, 2.45) is 0 Å². The maximum absolute atomic E-state index is 9.41. The molecule has 0 aromatic heterocycles. The fourth-order valence-electron chi connectivity index (χ4n) is 2.68. The summed E-state index contributed by atoms with van der Waals surface area (Å²) < 4.78 is 11.9. The summed E-state index contributed by atoms with van der Waals surface area (Å²) >= 11 is 6.24. The van der Waals surface area contributed by atoms with Gasteiger partial charge in [-0.05, 0) is 43.3 Å². The molecule has 5 heteroatoms. The summed E-state index contributed by atoms with van der Waals surface area (Å²) in [5.41, 5.74) is 2.80. The highest BCUT2D eigenvalue weighted by Crippen LogP contribution is 2.33. The van der Waals surface area contributed by atoms with Crippen LogP contribution in [-0.2, 0) is 13.2 Å². The van der Waals surface area contributed by atoms with Crippen LogP contribution >= 0.6 is 11.6 Å². The van der Waals surface area contributed by atoms with E-state index in [9.17, 15) is 5.11 Å². The number of nitrogens with one attached hydrogen (secondary N) is 1. The van der Waals surface area contributed by atoms with E-state index in [1.54, 1.807) is 12.1 Å². The van der Waals surface area contributed by atoms with Gasteiger partial charge in [0.25, 0.3) is 0 Å². The lowest BCUT2D eigenvalue weighted by Crippen LogP contribution is -2.06. The summed E-state index contributed by atoms with van der Waals surface area (Å²) in [6, 6.07) is 20.4. The van der Waals surface area contributed by atoms with E-state index in [2.05, 4.69) is 5.32 Å². The molecule has 0 aliphatic carbocycles. The molecule has 3 aromatic carbocycles. The predicted octanol–water partition coefficient (Wildman–Crippen LogP) is 5.64. The average molecular weight is 384 g/mol. The number of anilines is 1. The van der Waals surface area contributed by atoms with Crippen LogP contribution in [0.15, 0.2) is 66.7 Å². The molecule has 0 bridgehead atoms. The number of rotatable bonds is 8. The zero-order valence-electron chi connectivity index (χ0n) is 15.1. The van der Waals surface area contributed by atoms with E-state index in [1.165, 1.54) is 0 Å². The average Bonchev–Trinajstić information content (AvgIpc) is 2.68. The molecule has 0 fully saturated rings. The molecule has 0 radical (unpaired) electrons. The van der Waals surface area contributed by atoms with Crippen LogP contribution < -0.4 is 14.8 Å². The quantitative estimate of drug-likeness (QED) is 0.494. The van der Waals surface area contributed by atoms with Crippen molar-refractivity contribution in [2.45, 2.75) is 20.1 Å². The Labute approximate surface area is 164 Å². The van der Waals surface area contributed by atoms with Crippen molar-refractivity contribution >= 4 is 17.3 Å². The van der Waals surface area contributed by atoms with Gasteiger partial charge in [-0.3, -0.25) is 0 Å². The Balaban J connectivity index is 1.79. The third kappa shape index (κ3) is 5.08. The number of para-hydroxylation sites is 1. The third-order valence-electron chi connectivity index (χ3n) is 4.04. The Bertz CT molecular complexity index is 881. The van der Waals surface area contributed by atoms with Gasteiger partial charge in [0.05, 0.1) is 6.61 Å². The lowest BCUT2D eigenvalue weighted by molar-refractivity contribution is 0.267. The molecule has 27 heavy (non-hydrogen) atoms. The summed E-state index contributed by atoms with van der Waals surface area (Å²) in [6.07, 6.45) is 0. The maximum atomic E-state index is 9.41. The molecule has 0 spiro atoms. The van der Waals surface area contributed by atoms with Crippen molar-refractivity contribution in [3.05, 3.63) is 82.9 Å². The van der Waals surface area contributed by atoms with Crippen molar-refractivity contribution in [1.82, 2.24) is 0 Å². The van der Waals surface area contributed by atoms with Crippen LogP contribution in [0.25, 0.3) is 0 Å². The first kappa shape index (κ1) is 18.9. The molecule has 0 atom stereocenters. The normalized spacial score (nSPS) is 10.4. The van der Waals surface area contributed by atoms with Crippen LogP contribution in [0.3, 0.4) is 0 Å². The number of hydrogen-bond donors (Lipinski definition) is 2.